The lowest BCUT2D eigenvalue weighted by Crippen LogP contribution is -2.17. The Kier molecular flexibility index (Phi) is 8.58. The zero-order chi connectivity index (χ0) is 32.4. The Bertz CT molecular complexity index is 1810. The molecule has 0 saturated carbocycles. The summed E-state index contributed by atoms with van der Waals surface area (Å²) in [6.07, 6.45) is -10.1. The minimum Gasteiger partial charge on any atom is -0.489 e. The molecule has 0 radical (unpaired) electrons. The van der Waals surface area contributed by atoms with Crippen LogP contribution in [-0.4, -0.2) is 21.6 Å². The smallest absolute Gasteiger partial charge is 0.416 e. The van der Waals surface area contributed by atoms with Crippen molar-refractivity contribution in [2.24, 2.45) is 0 Å². The topological polar surface area (TPSA) is 80.6 Å². The Morgan fingerprint density at radius 3 is 1.91 bits per heavy atom. The predicted octanol–water partition coefficient (Wildman–Crippen LogP) is 8.19. The molecular weight excluding hydrogens is 602 g/mol. The summed E-state index contributed by atoms with van der Waals surface area (Å²) in [6, 6.07) is 23.4. The van der Waals surface area contributed by atoms with Crippen LogP contribution in [0.2, 0.25) is 0 Å². The van der Waals surface area contributed by atoms with Crippen molar-refractivity contribution < 1.29 is 45.8 Å². The van der Waals surface area contributed by atoms with Crippen LogP contribution in [0, 0.1) is 0 Å². The third-order valence-corrected chi connectivity index (χ3v) is 6.94. The molecule has 45 heavy (non-hydrogen) atoms. The maximum atomic E-state index is 13.3. The van der Waals surface area contributed by atoms with E-state index in [2.05, 4.69) is 5.32 Å². The van der Waals surface area contributed by atoms with Gasteiger partial charge in [0.1, 0.15) is 18.1 Å². The fraction of sp³-hybridized carbons (Fsp3) is 0.152. The van der Waals surface area contributed by atoms with Gasteiger partial charge in [-0.05, 0) is 59.2 Å². The number of benzene rings is 4. The quantitative estimate of drug-likeness (QED) is 0.162. The highest BCUT2D eigenvalue weighted by molar-refractivity contribution is 6.06. The maximum Gasteiger partial charge on any atom is 0.416 e. The number of ether oxygens (including phenoxy) is 1. The van der Waals surface area contributed by atoms with Crippen molar-refractivity contribution in [1.29, 1.82) is 0 Å². The number of nitrogens with zero attached hydrogens (tertiary/aromatic N) is 1. The lowest BCUT2D eigenvalue weighted by molar-refractivity contribution is -0.143. The molecule has 6 nitrogen and oxygen atoms in total. The fourth-order valence-electron chi connectivity index (χ4n) is 4.74. The Morgan fingerprint density at radius 2 is 1.31 bits per heavy atom. The number of halogens is 6. The molecule has 5 rings (SSSR count). The van der Waals surface area contributed by atoms with Gasteiger partial charge in [-0.2, -0.15) is 26.3 Å². The van der Waals surface area contributed by atoms with Crippen LogP contribution in [0.5, 0.6) is 5.75 Å². The van der Waals surface area contributed by atoms with Gasteiger partial charge in [-0.1, -0.05) is 54.6 Å². The minimum atomic E-state index is -4.98. The summed E-state index contributed by atoms with van der Waals surface area (Å²) in [5.41, 5.74) is 0.577. The average Bonchev–Trinajstić information content (AvgIpc) is 3.35. The van der Waals surface area contributed by atoms with Crippen LogP contribution in [0.4, 0.5) is 32.0 Å². The number of aliphatic carboxylic acids is 1. The Hall–Kier alpha value is -5.26. The largest absolute Gasteiger partial charge is 0.489 e. The number of alkyl halides is 6. The van der Waals surface area contributed by atoms with E-state index in [1.54, 1.807) is 54.6 Å². The molecule has 0 aliphatic rings. The molecule has 0 unspecified atom stereocenters. The van der Waals surface area contributed by atoms with E-state index in [-0.39, 0.29) is 31.5 Å². The summed E-state index contributed by atoms with van der Waals surface area (Å²) < 4.78 is 86.1. The third-order valence-electron chi connectivity index (χ3n) is 6.94. The number of anilines is 1. The summed E-state index contributed by atoms with van der Waals surface area (Å²) in [6.45, 7) is 0.00176. The van der Waals surface area contributed by atoms with Crippen molar-refractivity contribution >= 4 is 28.5 Å². The van der Waals surface area contributed by atoms with Gasteiger partial charge in [-0.15, -0.1) is 0 Å². The van der Waals surface area contributed by atoms with Crippen LogP contribution in [0.15, 0.2) is 97.1 Å². The second-order valence-electron chi connectivity index (χ2n) is 10.2. The standard InChI is InChI=1S/C33H24F6N2O4/c34-32(35,36)24-15-25(33(37,38)39)17-27(16-24)45-19-22-7-5-21(6-8-22)18-41-28-4-2-1-3-23(28)14-29(41)31(44)40-26-11-9-20(10-12-26)13-30(42)43/h1-12,14-17H,13,18-19H2,(H,40,44)(H,42,43). The number of hydrogen-bond acceptors (Lipinski definition) is 3. The normalized spacial score (nSPS) is 11.9. The fourth-order valence-corrected chi connectivity index (χ4v) is 4.74. The lowest BCUT2D eigenvalue weighted by Gasteiger charge is -2.15. The second-order valence-corrected chi connectivity index (χ2v) is 10.2. The number of para-hydroxylation sites is 1. The molecular formula is C33H24F6N2O4. The highest BCUT2D eigenvalue weighted by atomic mass is 19.4. The van der Waals surface area contributed by atoms with Gasteiger partial charge in [-0.3, -0.25) is 9.59 Å². The molecule has 0 aliphatic carbocycles. The molecule has 0 aliphatic heterocycles. The number of carboxylic acids is 1. The molecule has 1 heterocycles. The van der Waals surface area contributed by atoms with Crippen LogP contribution in [0.25, 0.3) is 10.9 Å². The Morgan fingerprint density at radius 1 is 0.733 bits per heavy atom. The molecule has 2 N–H and O–H groups in total. The molecule has 232 valence electrons. The molecule has 0 saturated heterocycles. The van der Waals surface area contributed by atoms with Gasteiger partial charge in [0.2, 0.25) is 0 Å². The second kappa shape index (κ2) is 12.4. The number of carboxylic acid groups (broad SMARTS) is 1. The Labute approximate surface area is 252 Å². The van der Waals surface area contributed by atoms with Crippen molar-refractivity contribution in [3.05, 3.63) is 131 Å². The van der Waals surface area contributed by atoms with Crippen LogP contribution in [0.3, 0.4) is 0 Å². The van der Waals surface area contributed by atoms with Crippen molar-refractivity contribution in [1.82, 2.24) is 4.57 Å². The first-order valence-corrected chi connectivity index (χ1v) is 13.5. The number of nitrogens with one attached hydrogen (secondary N) is 1. The van der Waals surface area contributed by atoms with E-state index in [4.69, 9.17) is 9.84 Å². The van der Waals surface area contributed by atoms with Crippen LogP contribution >= 0.6 is 0 Å². The lowest BCUT2D eigenvalue weighted by atomic mass is 10.1. The molecule has 0 bridgehead atoms. The molecule has 12 heteroatoms. The molecule has 4 aromatic carbocycles. The third kappa shape index (κ3) is 7.64. The van der Waals surface area contributed by atoms with Crippen molar-refractivity contribution in [2.75, 3.05) is 5.32 Å². The molecule has 0 atom stereocenters. The summed E-state index contributed by atoms with van der Waals surface area (Å²) in [5.74, 6) is -1.92. The van der Waals surface area contributed by atoms with Crippen molar-refractivity contribution in [2.45, 2.75) is 31.9 Å². The van der Waals surface area contributed by atoms with E-state index < -0.39 is 35.2 Å². The van der Waals surface area contributed by atoms with Crippen LogP contribution in [0.1, 0.15) is 38.3 Å². The Balaban J connectivity index is 1.32. The number of fused-ring (bicyclic) bond motifs is 1. The van der Waals surface area contributed by atoms with Crippen molar-refractivity contribution in [3.63, 3.8) is 0 Å². The monoisotopic (exact) mass is 626 g/mol. The van der Waals surface area contributed by atoms with Gasteiger partial charge in [0.25, 0.3) is 5.91 Å². The van der Waals surface area contributed by atoms with Crippen LogP contribution in [-0.2, 0) is 36.7 Å². The number of aromatic nitrogens is 1. The van der Waals surface area contributed by atoms with E-state index in [1.165, 1.54) is 0 Å². The highest BCUT2D eigenvalue weighted by Crippen LogP contribution is 2.38. The number of amides is 1. The van der Waals surface area contributed by atoms with E-state index in [9.17, 15) is 35.9 Å². The minimum absolute atomic E-state index is 0.0409. The SMILES string of the molecule is O=C(O)Cc1ccc(NC(=O)c2cc3ccccc3n2Cc2ccc(COc3cc(C(F)(F)F)cc(C(F)(F)F)c3)cc2)cc1. The number of carbonyl (C=O) groups excluding carboxylic acids is 1. The van der Waals surface area contributed by atoms with Gasteiger partial charge in [0.05, 0.1) is 17.5 Å². The molecule has 5 aromatic rings. The number of rotatable bonds is 9. The predicted molar refractivity (Wildman–Crippen MR) is 154 cm³/mol. The molecule has 1 amide bonds. The van der Waals surface area contributed by atoms with E-state index in [0.717, 1.165) is 16.5 Å². The maximum absolute atomic E-state index is 13.3. The summed E-state index contributed by atoms with van der Waals surface area (Å²) in [7, 11) is 0. The zero-order valence-corrected chi connectivity index (χ0v) is 23.2. The van der Waals surface area contributed by atoms with Gasteiger partial charge in [0, 0.05) is 23.1 Å². The highest BCUT2D eigenvalue weighted by Gasteiger charge is 2.37. The summed E-state index contributed by atoms with van der Waals surface area (Å²) >= 11 is 0. The average molecular weight is 627 g/mol. The van der Waals surface area contributed by atoms with Crippen molar-refractivity contribution in [3.8, 4) is 5.75 Å². The number of hydrogen-bond donors (Lipinski definition) is 2. The summed E-state index contributed by atoms with van der Waals surface area (Å²) in [4.78, 5) is 24.3. The van der Waals surface area contributed by atoms with Gasteiger partial charge < -0.3 is 19.7 Å². The molecule has 0 spiro atoms. The van der Waals surface area contributed by atoms with E-state index >= 15 is 0 Å². The first kappa shape index (κ1) is 31.2. The molecule has 0 fully saturated rings. The summed E-state index contributed by atoms with van der Waals surface area (Å²) in [5, 5.41) is 12.6. The van der Waals surface area contributed by atoms with Gasteiger partial charge in [-0.25, -0.2) is 0 Å². The first-order chi connectivity index (χ1) is 21.3. The van der Waals surface area contributed by atoms with E-state index in [0.29, 0.717) is 34.6 Å². The zero-order valence-electron chi connectivity index (χ0n) is 23.2. The van der Waals surface area contributed by atoms with Gasteiger partial charge >= 0.3 is 18.3 Å². The van der Waals surface area contributed by atoms with Gasteiger partial charge in [0.15, 0.2) is 0 Å². The van der Waals surface area contributed by atoms with Crippen LogP contribution < -0.4 is 10.1 Å². The molecule has 1 aromatic heterocycles. The first-order valence-electron chi connectivity index (χ1n) is 13.5. The van der Waals surface area contributed by atoms with E-state index in [1.807, 2.05) is 28.8 Å². The number of carbonyl (C=O) groups is 2.